The molecular weight excluding hydrogens is 382 g/mol. The van der Waals surface area contributed by atoms with Gasteiger partial charge in [-0.2, -0.15) is 0 Å². The topological polar surface area (TPSA) is 40.5 Å². The van der Waals surface area contributed by atoms with Crippen LogP contribution < -0.4 is 0 Å². The first kappa shape index (κ1) is 20.3. The van der Waals surface area contributed by atoms with Crippen molar-refractivity contribution in [1.82, 2.24) is 4.90 Å². The van der Waals surface area contributed by atoms with Gasteiger partial charge in [0.05, 0.1) is 5.56 Å². The van der Waals surface area contributed by atoms with Gasteiger partial charge in [-0.3, -0.25) is 0 Å². The number of carbonyl (C=O) groups is 1. The molecule has 0 bridgehead atoms. The molecule has 3 aromatic carbocycles. The Bertz CT molecular complexity index is 1230. The Morgan fingerprint density at radius 3 is 2.42 bits per heavy atom. The van der Waals surface area contributed by atoms with Crippen LogP contribution in [-0.2, 0) is 13.0 Å². The first-order chi connectivity index (χ1) is 15.0. The van der Waals surface area contributed by atoms with Crippen molar-refractivity contribution in [2.24, 2.45) is 0 Å². The molecule has 1 N–H and O–H groups in total. The minimum atomic E-state index is -0.917. The molecule has 0 amide bonds. The highest BCUT2D eigenvalue weighted by atomic mass is 16.4. The van der Waals surface area contributed by atoms with Crippen LogP contribution >= 0.6 is 0 Å². The highest BCUT2D eigenvalue weighted by molar-refractivity contribution is 5.87. The minimum absolute atomic E-state index is 0.289. The Balaban J connectivity index is 1.54. The van der Waals surface area contributed by atoms with Crippen molar-refractivity contribution in [2.75, 3.05) is 0 Å². The largest absolute Gasteiger partial charge is 0.478 e. The first-order valence-corrected chi connectivity index (χ1v) is 10.1. The van der Waals surface area contributed by atoms with Crippen LogP contribution in [0.4, 0.5) is 0 Å². The molecule has 0 aromatic heterocycles. The third-order valence-corrected chi connectivity index (χ3v) is 5.37. The molecule has 3 nitrogen and oxygen atoms in total. The molecular formula is C28H23NO2. The van der Waals surface area contributed by atoms with E-state index in [1.165, 1.54) is 5.56 Å². The van der Waals surface area contributed by atoms with E-state index in [1.54, 1.807) is 12.1 Å². The summed E-state index contributed by atoms with van der Waals surface area (Å²) in [6.45, 7) is 7.04. The molecule has 1 aliphatic heterocycles. The predicted molar refractivity (Wildman–Crippen MR) is 125 cm³/mol. The molecule has 0 unspecified atom stereocenters. The Kier molecular flexibility index (Phi) is 5.73. The number of nitrogens with zero attached hydrogens (tertiary/aromatic N) is 1. The summed E-state index contributed by atoms with van der Waals surface area (Å²) in [4.78, 5) is 13.2. The number of benzene rings is 3. The molecule has 152 valence electrons. The number of rotatable bonds is 4. The standard InChI is InChI=1S/C28H23NO2/c1-20-18-29(19-24-11-14-25(15-12-24)28(30)31)21(2)27-17-23(13-16-26(20)27)10-6-9-22-7-4-3-5-8-22/h3-5,7-8,11-18H,2,9,19H2,1H3,(H,30,31). The zero-order valence-corrected chi connectivity index (χ0v) is 17.4. The third kappa shape index (κ3) is 4.60. The summed E-state index contributed by atoms with van der Waals surface area (Å²) < 4.78 is 0. The number of hydrogen-bond donors (Lipinski definition) is 1. The van der Waals surface area contributed by atoms with Crippen LogP contribution in [0.2, 0.25) is 0 Å². The van der Waals surface area contributed by atoms with E-state index in [0.29, 0.717) is 6.54 Å². The van der Waals surface area contributed by atoms with Crippen LogP contribution in [0.1, 0.15) is 45.1 Å². The number of aromatic carboxylic acids is 1. The van der Waals surface area contributed by atoms with Crippen molar-refractivity contribution >= 4 is 17.2 Å². The monoisotopic (exact) mass is 405 g/mol. The molecule has 0 radical (unpaired) electrons. The maximum absolute atomic E-state index is 11.1. The summed E-state index contributed by atoms with van der Waals surface area (Å²) in [5.41, 5.74) is 7.80. The fourth-order valence-electron chi connectivity index (χ4n) is 3.68. The van der Waals surface area contributed by atoms with E-state index in [9.17, 15) is 4.79 Å². The SMILES string of the molecule is C=C1c2cc(C#CCc3ccccc3)ccc2C(C)=CN1Cc1ccc(C(=O)O)cc1. The summed E-state index contributed by atoms with van der Waals surface area (Å²) in [7, 11) is 0. The highest BCUT2D eigenvalue weighted by Crippen LogP contribution is 2.34. The van der Waals surface area contributed by atoms with Crippen molar-refractivity contribution < 1.29 is 9.90 Å². The molecule has 0 saturated carbocycles. The highest BCUT2D eigenvalue weighted by Gasteiger charge is 2.19. The summed E-state index contributed by atoms with van der Waals surface area (Å²) in [6.07, 6.45) is 2.81. The van der Waals surface area contributed by atoms with Crippen LogP contribution in [0.5, 0.6) is 0 Å². The van der Waals surface area contributed by atoms with Gasteiger partial charge in [-0.15, -0.1) is 0 Å². The molecule has 4 rings (SSSR count). The zero-order chi connectivity index (χ0) is 21.8. The Labute approximate surface area is 183 Å². The smallest absolute Gasteiger partial charge is 0.335 e. The van der Waals surface area contributed by atoms with Crippen molar-refractivity contribution in [3.8, 4) is 11.8 Å². The molecule has 1 heterocycles. The van der Waals surface area contributed by atoms with Gasteiger partial charge in [0.25, 0.3) is 0 Å². The van der Waals surface area contributed by atoms with Gasteiger partial charge < -0.3 is 10.0 Å². The van der Waals surface area contributed by atoms with Crippen LogP contribution in [0.25, 0.3) is 11.3 Å². The Morgan fingerprint density at radius 2 is 1.71 bits per heavy atom. The van der Waals surface area contributed by atoms with E-state index >= 15 is 0 Å². The molecule has 0 spiro atoms. The van der Waals surface area contributed by atoms with E-state index in [4.69, 9.17) is 5.11 Å². The number of hydrogen-bond acceptors (Lipinski definition) is 2. The van der Waals surface area contributed by atoms with E-state index in [2.05, 4.69) is 66.8 Å². The maximum Gasteiger partial charge on any atom is 0.335 e. The molecule has 0 fully saturated rings. The van der Waals surface area contributed by atoms with E-state index in [1.807, 2.05) is 30.3 Å². The average Bonchev–Trinajstić information content (AvgIpc) is 2.78. The molecule has 0 aliphatic carbocycles. The van der Waals surface area contributed by atoms with Gasteiger partial charge in [-0.25, -0.2) is 4.79 Å². The fraction of sp³-hybridized carbons (Fsp3) is 0.107. The van der Waals surface area contributed by atoms with Crippen molar-refractivity contribution in [3.63, 3.8) is 0 Å². The second-order valence-corrected chi connectivity index (χ2v) is 7.61. The lowest BCUT2D eigenvalue weighted by atomic mass is 9.93. The second-order valence-electron chi connectivity index (χ2n) is 7.61. The summed E-state index contributed by atoms with van der Waals surface area (Å²) in [5.74, 6) is 5.62. The van der Waals surface area contributed by atoms with Gasteiger partial charge in [0.1, 0.15) is 0 Å². The lowest BCUT2D eigenvalue weighted by Crippen LogP contribution is -2.19. The normalized spacial score (nSPS) is 12.5. The average molecular weight is 405 g/mol. The Morgan fingerprint density at radius 1 is 0.968 bits per heavy atom. The summed E-state index contributed by atoms with van der Waals surface area (Å²) >= 11 is 0. The van der Waals surface area contributed by atoms with Gasteiger partial charge in [-0.1, -0.05) is 67.0 Å². The predicted octanol–water partition coefficient (Wildman–Crippen LogP) is 5.83. The Hall–Kier alpha value is -4.03. The van der Waals surface area contributed by atoms with Gasteiger partial charge in [0, 0.05) is 36.0 Å². The number of fused-ring (bicyclic) bond motifs is 1. The van der Waals surface area contributed by atoms with Crippen LogP contribution in [0, 0.1) is 11.8 Å². The molecule has 3 aromatic rings. The molecule has 0 atom stereocenters. The lowest BCUT2D eigenvalue weighted by molar-refractivity contribution is 0.0697. The molecule has 3 heteroatoms. The van der Waals surface area contributed by atoms with Gasteiger partial charge in [-0.05, 0) is 53.5 Å². The second kappa shape index (κ2) is 8.77. The van der Waals surface area contributed by atoms with Gasteiger partial charge >= 0.3 is 5.97 Å². The molecule has 31 heavy (non-hydrogen) atoms. The minimum Gasteiger partial charge on any atom is -0.478 e. The third-order valence-electron chi connectivity index (χ3n) is 5.37. The quantitative estimate of drug-likeness (QED) is 0.556. The van der Waals surface area contributed by atoms with Crippen LogP contribution in [-0.4, -0.2) is 16.0 Å². The van der Waals surface area contributed by atoms with E-state index in [0.717, 1.165) is 39.9 Å². The van der Waals surface area contributed by atoms with E-state index in [-0.39, 0.29) is 5.56 Å². The number of carboxylic acid groups (broad SMARTS) is 1. The summed E-state index contributed by atoms with van der Waals surface area (Å²) in [5, 5.41) is 9.09. The van der Waals surface area contributed by atoms with Crippen LogP contribution in [0.15, 0.2) is 85.6 Å². The van der Waals surface area contributed by atoms with Crippen molar-refractivity contribution in [1.29, 1.82) is 0 Å². The fourth-order valence-corrected chi connectivity index (χ4v) is 3.68. The summed E-state index contributed by atoms with van der Waals surface area (Å²) in [6, 6.07) is 23.5. The number of carboxylic acids is 1. The molecule has 1 aliphatic rings. The van der Waals surface area contributed by atoms with Crippen molar-refractivity contribution in [3.05, 3.63) is 119 Å². The van der Waals surface area contributed by atoms with Crippen LogP contribution in [0.3, 0.4) is 0 Å². The van der Waals surface area contributed by atoms with Crippen molar-refractivity contribution in [2.45, 2.75) is 19.9 Å². The lowest BCUT2D eigenvalue weighted by Gasteiger charge is -2.30. The van der Waals surface area contributed by atoms with E-state index < -0.39 is 5.97 Å². The zero-order valence-electron chi connectivity index (χ0n) is 17.4. The maximum atomic E-state index is 11.1. The first-order valence-electron chi connectivity index (χ1n) is 10.1. The van der Waals surface area contributed by atoms with Gasteiger partial charge in [0.15, 0.2) is 0 Å². The molecule has 0 saturated heterocycles. The van der Waals surface area contributed by atoms with Gasteiger partial charge in [0.2, 0.25) is 0 Å². The number of allylic oxidation sites excluding steroid dienone is 1.